The number of nitrogens with zero attached hydrogens (tertiary/aromatic N) is 2. The number of nitrogens with one attached hydrogen (secondary N) is 2. The summed E-state index contributed by atoms with van der Waals surface area (Å²) in [5, 5.41) is 10.8. The number of amides is 2. The Labute approximate surface area is 188 Å². The van der Waals surface area contributed by atoms with Crippen LogP contribution in [-0.2, 0) is 26.2 Å². The molecule has 2 amide bonds. The summed E-state index contributed by atoms with van der Waals surface area (Å²) >= 11 is 0. The second-order valence-electron chi connectivity index (χ2n) is 7.75. The Bertz CT molecular complexity index is 1000. The van der Waals surface area contributed by atoms with E-state index in [9.17, 15) is 18.0 Å². The molecule has 0 radical (unpaired) electrons. The molecule has 0 unspecified atom stereocenters. The number of primary sulfonamides is 1. The van der Waals surface area contributed by atoms with Gasteiger partial charge in [0.2, 0.25) is 21.8 Å². The summed E-state index contributed by atoms with van der Waals surface area (Å²) in [5.74, 6) is -0.133. The summed E-state index contributed by atoms with van der Waals surface area (Å²) in [6.45, 7) is 4.65. The SMILES string of the molecule is NS(=O)(=O)c1ccc(NC(=O)CCN2CCN(CC(=O)NCc3ccccc3)CC2)cc1. The molecule has 2 aromatic rings. The van der Waals surface area contributed by atoms with Gasteiger partial charge in [-0.15, -0.1) is 0 Å². The van der Waals surface area contributed by atoms with Crippen molar-refractivity contribution < 1.29 is 18.0 Å². The van der Waals surface area contributed by atoms with Gasteiger partial charge in [-0.05, 0) is 29.8 Å². The average molecular weight is 460 g/mol. The molecule has 1 aliphatic rings. The molecule has 1 heterocycles. The smallest absolute Gasteiger partial charge is 0.238 e. The van der Waals surface area contributed by atoms with Gasteiger partial charge in [-0.3, -0.25) is 14.5 Å². The summed E-state index contributed by atoms with van der Waals surface area (Å²) < 4.78 is 22.6. The molecule has 1 fully saturated rings. The highest BCUT2D eigenvalue weighted by Gasteiger charge is 2.19. The summed E-state index contributed by atoms with van der Waals surface area (Å²) in [6.07, 6.45) is 0.328. The lowest BCUT2D eigenvalue weighted by atomic mass is 10.2. The van der Waals surface area contributed by atoms with Crippen LogP contribution in [0.5, 0.6) is 0 Å². The molecule has 0 spiro atoms. The predicted molar refractivity (Wildman–Crippen MR) is 122 cm³/mol. The summed E-state index contributed by atoms with van der Waals surface area (Å²) in [4.78, 5) is 28.7. The van der Waals surface area contributed by atoms with Crippen LogP contribution in [0.1, 0.15) is 12.0 Å². The number of nitrogens with two attached hydrogens (primary N) is 1. The molecule has 0 saturated carbocycles. The molecule has 3 rings (SSSR count). The minimum absolute atomic E-state index is 0.00196. The summed E-state index contributed by atoms with van der Waals surface area (Å²) in [6, 6.07) is 15.6. The van der Waals surface area contributed by atoms with Gasteiger partial charge in [-0.2, -0.15) is 0 Å². The average Bonchev–Trinajstić information content (AvgIpc) is 2.78. The van der Waals surface area contributed by atoms with Crippen molar-refractivity contribution in [3.8, 4) is 0 Å². The van der Waals surface area contributed by atoms with Gasteiger partial charge < -0.3 is 15.5 Å². The third-order valence-electron chi connectivity index (χ3n) is 5.29. The van der Waals surface area contributed by atoms with E-state index in [0.717, 1.165) is 31.7 Å². The van der Waals surface area contributed by atoms with Gasteiger partial charge in [0, 0.05) is 51.4 Å². The van der Waals surface area contributed by atoms with Crippen LogP contribution in [-0.4, -0.2) is 69.3 Å². The second-order valence-corrected chi connectivity index (χ2v) is 9.31. The zero-order valence-corrected chi connectivity index (χ0v) is 18.7. The van der Waals surface area contributed by atoms with E-state index >= 15 is 0 Å². The van der Waals surface area contributed by atoms with Crippen LogP contribution in [0.2, 0.25) is 0 Å². The van der Waals surface area contributed by atoms with E-state index in [2.05, 4.69) is 20.4 Å². The Morgan fingerprint density at radius 3 is 2.12 bits per heavy atom. The van der Waals surface area contributed by atoms with Crippen molar-refractivity contribution >= 4 is 27.5 Å². The molecule has 10 heteroatoms. The molecule has 32 heavy (non-hydrogen) atoms. The molecule has 0 bridgehead atoms. The molecule has 1 saturated heterocycles. The molecule has 4 N–H and O–H groups in total. The number of carbonyl (C=O) groups excluding carboxylic acids is 2. The third-order valence-corrected chi connectivity index (χ3v) is 6.22. The number of benzene rings is 2. The monoisotopic (exact) mass is 459 g/mol. The van der Waals surface area contributed by atoms with Crippen molar-refractivity contribution in [2.24, 2.45) is 5.14 Å². The Morgan fingerprint density at radius 1 is 0.875 bits per heavy atom. The van der Waals surface area contributed by atoms with E-state index in [0.29, 0.717) is 31.7 Å². The normalized spacial score (nSPS) is 15.3. The van der Waals surface area contributed by atoms with Crippen molar-refractivity contribution in [2.75, 3.05) is 44.6 Å². The van der Waals surface area contributed by atoms with Gasteiger partial charge in [0.1, 0.15) is 0 Å². The number of rotatable bonds is 9. The molecule has 2 aromatic carbocycles. The van der Waals surface area contributed by atoms with Crippen LogP contribution >= 0.6 is 0 Å². The van der Waals surface area contributed by atoms with Crippen molar-refractivity contribution in [1.82, 2.24) is 15.1 Å². The fourth-order valence-electron chi connectivity index (χ4n) is 3.44. The van der Waals surface area contributed by atoms with Crippen molar-refractivity contribution in [3.63, 3.8) is 0 Å². The van der Waals surface area contributed by atoms with E-state index in [1.54, 1.807) is 0 Å². The number of hydrogen-bond donors (Lipinski definition) is 3. The molecule has 0 aliphatic carbocycles. The standard InChI is InChI=1S/C22H29N5O4S/c23-32(30,31)20-8-6-19(7-9-20)25-21(28)10-11-26-12-14-27(15-13-26)17-22(29)24-16-18-4-2-1-3-5-18/h1-9H,10-17H2,(H,24,29)(H,25,28)(H2,23,30,31). The quantitative estimate of drug-likeness (QED) is 0.504. The highest BCUT2D eigenvalue weighted by Crippen LogP contribution is 2.13. The fourth-order valence-corrected chi connectivity index (χ4v) is 3.95. The lowest BCUT2D eigenvalue weighted by Crippen LogP contribution is -2.49. The molecule has 0 atom stereocenters. The van der Waals surface area contributed by atoms with E-state index in [1.165, 1.54) is 24.3 Å². The molecule has 1 aliphatic heterocycles. The second kappa shape index (κ2) is 11.2. The van der Waals surface area contributed by atoms with Gasteiger partial charge in [-0.1, -0.05) is 30.3 Å². The summed E-state index contributed by atoms with van der Waals surface area (Å²) in [7, 11) is -3.75. The Hall–Kier alpha value is -2.79. The maximum Gasteiger partial charge on any atom is 0.238 e. The van der Waals surface area contributed by atoms with Gasteiger partial charge in [0.25, 0.3) is 0 Å². The van der Waals surface area contributed by atoms with E-state index < -0.39 is 10.0 Å². The first kappa shape index (κ1) is 23.9. The van der Waals surface area contributed by atoms with Crippen LogP contribution in [0.25, 0.3) is 0 Å². The van der Waals surface area contributed by atoms with Crippen molar-refractivity contribution in [1.29, 1.82) is 0 Å². The molecular formula is C22H29N5O4S. The number of hydrogen-bond acceptors (Lipinski definition) is 6. The number of piperazine rings is 1. The maximum atomic E-state index is 12.2. The first-order valence-electron chi connectivity index (χ1n) is 10.5. The van der Waals surface area contributed by atoms with Crippen molar-refractivity contribution in [2.45, 2.75) is 17.9 Å². The lowest BCUT2D eigenvalue weighted by Gasteiger charge is -2.34. The molecule has 172 valence electrons. The zero-order valence-electron chi connectivity index (χ0n) is 17.9. The molecule has 0 aromatic heterocycles. The maximum absolute atomic E-state index is 12.2. The van der Waals surface area contributed by atoms with Gasteiger partial charge in [-0.25, -0.2) is 13.6 Å². The fraction of sp³-hybridized carbons (Fsp3) is 0.364. The predicted octanol–water partition coefficient (Wildman–Crippen LogP) is 0.597. The molecular weight excluding hydrogens is 430 g/mol. The highest BCUT2D eigenvalue weighted by atomic mass is 32.2. The summed E-state index contributed by atoms with van der Waals surface area (Å²) in [5.41, 5.74) is 1.60. The number of anilines is 1. The Kier molecular flexibility index (Phi) is 8.34. The van der Waals surface area contributed by atoms with Gasteiger partial charge >= 0.3 is 0 Å². The van der Waals surface area contributed by atoms with Crippen LogP contribution in [0, 0.1) is 0 Å². The zero-order chi connectivity index (χ0) is 23.0. The number of sulfonamides is 1. The Balaban J connectivity index is 1.32. The third kappa shape index (κ3) is 7.72. The van der Waals surface area contributed by atoms with E-state index in [1.807, 2.05) is 30.3 Å². The largest absolute Gasteiger partial charge is 0.351 e. The number of carbonyl (C=O) groups is 2. The Morgan fingerprint density at radius 2 is 1.50 bits per heavy atom. The van der Waals surface area contributed by atoms with Gasteiger partial charge in [0.15, 0.2) is 0 Å². The van der Waals surface area contributed by atoms with Gasteiger partial charge in [0.05, 0.1) is 11.4 Å². The minimum Gasteiger partial charge on any atom is -0.351 e. The van der Waals surface area contributed by atoms with E-state index in [-0.39, 0.29) is 16.7 Å². The van der Waals surface area contributed by atoms with Crippen LogP contribution in [0.3, 0.4) is 0 Å². The minimum atomic E-state index is -3.75. The van der Waals surface area contributed by atoms with Crippen LogP contribution in [0.15, 0.2) is 59.5 Å². The highest BCUT2D eigenvalue weighted by molar-refractivity contribution is 7.89. The van der Waals surface area contributed by atoms with Crippen molar-refractivity contribution in [3.05, 3.63) is 60.2 Å². The first-order chi connectivity index (χ1) is 15.3. The van der Waals surface area contributed by atoms with Crippen LogP contribution < -0.4 is 15.8 Å². The van der Waals surface area contributed by atoms with E-state index in [4.69, 9.17) is 5.14 Å². The first-order valence-corrected chi connectivity index (χ1v) is 12.0. The lowest BCUT2D eigenvalue weighted by molar-refractivity contribution is -0.122. The van der Waals surface area contributed by atoms with Crippen LogP contribution in [0.4, 0.5) is 5.69 Å². The molecule has 9 nitrogen and oxygen atoms in total. The topological polar surface area (TPSA) is 125 Å².